The highest BCUT2D eigenvalue weighted by atomic mass is 79.9. The predicted molar refractivity (Wildman–Crippen MR) is 73.7 cm³/mol. The van der Waals surface area contributed by atoms with Crippen molar-refractivity contribution in [3.05, 3.63) is 56.4 Å². The minimum absolute atomic E-state index is 0.233. The van der Waals surface area contributed by atoms with Crippen molar-refractivity contribution in [2.45, 2.75) is 18.9 Å². The van der Waals surface area contributed by atoms with Crippen LogP contribution in [0.4, 0.5) is 4.39 Å². The maximum absolute atomic E-state index is 12.9. The molecule has 0 aliphatic heterocycles. The van der Waals surface area contributed by atoms with Crippen molar-refractivity contribution in [3.63, 3.8) is 0 Å². The van der Waals surface area contributed by atoms with Crippen molar-refractivity contribution in [2.24, 2.45) is 5.73 Å². The van der Waals surface area contributed by atoms with E-state index in [1.165, 1.54) is 17.0 Å². The lowest BCUT2D eigenvalue weighted by atomic mass is 9.89. The number of benzene rings is 1. The van der Waals surface area contributed by atoms with Gasteiger partial charge in [-0.05, 0) is 52.7 Å². The number of hydrogen-bond donors (Lipinski definition) is 1. The van der Waals surface area contributed by atoms with Gasteiger partial charge in [0.1, 0.15) is 5.82 Å². The zero-order chi connectivity index (χ0) is 12.5. The summed E-state index contributed by atoms with van der Waals surface area (Å²) in [5.41, 5.74) is 6.77. The van der Waals surface area contributed by atoms with Gasteiger partial charge in [-0.2, -0.15) is 0 Å². The fourth-order valence-electron chi connectivity index (χ4n) is 1.74. The molecule has 1 aromatic heterocycles. The standard InChI is InChI=1S/C13H13BrFNS/c1-13(16,8-11-6-7-12(14)17-11)9-2-4-10(15)5-3-9/h2-7H,8,16H2,1H3. The van der Waals surface area contributed by atoms with E-state index < -0.39 is 5.54 Å². The number of thiophene rings is 1. The molecule has 2 N–H and O–H groups in total. The summed E-state index contributed by atoms with van der Waals surface area (Å²) in [6, 6.07) is 10.5. The lowest BCUT2D eigenvalue weighted by Gasteiger charge is -2.24. The molecule has 0 bridgehead atoms. The van der Waals surface area contributed by atoms with E-state index in [2.05, 4.69) is 22.0 Å². The van der Waals surface area contributed by atoms with Crippen LogP contribution in [0.25, 0.3) is 0 Å². The monoisotopic (exact) mass is 313 g/mol. The van der Waals surface area contributed by atoms with Crippen molar-refractivity contribution in [2.75, 3.05) is 0 Å². The van der Waals surface area contributed by atoms with Gasteiger partial charge in [-0.25, -0.2) is 4.39 Å². The summed E-state index contributed by atoms with van der Waals surface area (Å²) in [6.45, 7) is 1.97. The van der Waals surface area contributed by atoms with Gasteiger partial charge in [0.2, 0.25) is 0 Å². The maximum atomic E-state index is 12.9. The molecule has 1 nitrogen and oxygen atoms in total. The molecule has 2 aromatic rings. The number of nitrogens with two attached hydrogens (primary N) is 1. The molecule has 1 aromatic carbocycles. The van der Waals surface area contributed by atoms with E-state index in [1.54, 1.807) is 23.5 Å². The fraction of sp³-hybridized carbons (Fsp3) is 0.231. The summed E-state index contributed by atoms with van der Waals surface area (Å²) < 4.78 is 14.0. The van der Waals surface area contributed by atoms with Gasteiger partial charge in [0.05, 0.1) is 3.79 Å². The van der Waals surface area contributed by atoms with Crippen molar-refractivity contribution in [1.82, 2.24) is 0 Å². The molecule has 0 saturated carbocycles. The highest BCUT2D eigenvalue weighted by Gasteiger charge is 2.22. The molecule has 0 amide bonds. The third-order valence-corrected chi connectivity index (χ3v) is 4.30. The Morgan fingerprint density at radius 1 is 1.24 bits per heavy atom. The minimum atomic E-state index is -0.474. The fourth-order valence-corrected chi connectivity index (χ4v) is 3.39. The van der Waals surface area contributed by atoms with Crippen molar-refractivity contribution < 1.29 is 4.39 Å². The smallest absolute Gasteiger partial charge is 0.123 e. The van der Waals surface area contributed by atoms with Crippen LogP contribution in [0.3, 0.4) is 0 Å². The molecular formula is C13H13BrFNS. The molecule has 1 atom stereocenters. The zero-order valence-corrected chi connectivity index (χ0v) is 11.8. The van der Waals surface area contributed by atoms with E-state index in [9.17, 15) is 4.39 Å². The molecule has 0 spiro atoms. The van der Waals surface area contributed by atoms with E-state index in [4.69, 9.17) is 5.73 Å². The second-order valence-corrected chi connectivity index (χ2v) is 6.85. The average molecular weight is 314 g/mol. The lowest BCUT2D eigenvalue weighted by molar-refractivity contribution is 0.494. The van der Waals surface area contributed by atoms with Gasteiger partial charge in [-0.15, -0.1) is 11.3 Å². The largest absolute Gasteiger partial charge is 0.321 e. The lowest BCUT2D eigenvalue weighted by Crippen LogP contribution is -2.35. The van der Waals surface area contributed by atoms with Crippen molar-refractivity contribution in [1.29, 1.82) is 0 Å². The normalized spacial score (nSPS) is 14.6. The first-order chi connectivity index (χ1) is 7.97. The second kappa shape index (κ2) is 4.88. The molecule has 2 rings (SSSR count). The Kier molecular flexibility index (Phi) is 3.66. The predicted octanol–water partition coefficient (Wildman–Crippen LogP) is 4.07. The first-order valence-electron chi connectivity index (χ1n) is 5.26. The molecule has 0 aliphatic rings. The number of hydrogen-bond acceptors (Lipinski definition) is 2. The second-order valence-electron chi connectivity index (χ2n) is 4.31. The third-order valence-electron chi connectivity index (χ3n) is 2.67. The van der Waals surface area contributed by atoms with Gasteiger partial charge in [-0.1, -0.05) is 12.1 Å². The zero-order valence-electron chi connectivity index (χ0n) is 9.41. The van der Waals surface area contributed by atoms with E-state index >= 15 is 0 Å². The first kappa shape index (κ1) is 12.7. The van der Waals surface area contributed by atoms with Crippen molar-refractivity contribution in [3.8, 4) is 0 Å². The Morgan fingerprint density at radius 3 is 2.41 bits per heavy atom. The highest BCUT2D eigenvalue weighted by molar-refractivity contribution is 9.11. The minimum Gasteiger partial charge on any atom is -0.321 e. The number of halogens is 2. The van der Waals surface area contributed by atoms with Gasteiger partial charge < -0.3 is 5.73 Å². The Labute approximate surface area is 113 Å². The third kappa shape index (κ3) is 3.15. The van der Waals surface area contributed by atoms with Crippen LogP contribution in [0.2, 0.25) is 0 Å². The van der Waals surface area contributed by atoms with Crippen LogP contribution in [0.15, 0.2) is 40.2 Å². The Bertz CT molecular complexity index is 504. The molecule has 0 fully saturated rings. The van der Waals surface area contributed by atoms with Gasteiger partial charge in [-0.3, -0.25) is 0 Å². The van der Waals surface area contributed by atoms with E-state index in [1.807, 2.05) is 13.0 Å². The average Bonchev–Trinajstić information content (AvgIpc) is 2.63. The van der Waals surface area contributed by atoms with Gasteiger partial charge in [0.25, 0.3) is 0 Å². The molecule has 0 saturated heterocycles. The Morgan fingerprint density at radius 2 is 1.88 bits per heavy atom. The molecule has 0 aliphatic carbocycles. The van der Waals surface area contributed by atoms with Crippen molar-refractivity contribution >= 4 is 27.3 Å². The SMILES string of the molecule is CC(N)(Cc1ccc(Br)s1)c1ccc(F)cc1. The van der Waals surface area contributed by atoms with E-state index in [0.29, 0.717) is 0 Å². The van der Waals surface area contributed by atoms with Crippen LogP contribution < -0.4 is 5.73 Å². The van der Waals surface area contributed by atoms with Crippen LogP contribution >= 0.6 is 27.3 Å². The summed E-state index contributed by atoms with van der Waals surface area (Å²) >= 11 is 5.11. The summed E-state index contributed by atoms with van der Waals surface area (Å²) in [4.78, 5) is 1.21. The molecule has 1 heterocycles. The van der Waals surface area contributed by atoms with Gasteiger partial charge in [0.15, 0.2) is 0 Å². The van der Waals surface area contributed by atoms with Crippen LogP contribution in [-0.2, 0) is 12.0 Å². The first-order valence-corrected chi connectivity index (χ1v) is 6.87. The molecular weight excluding hydrogens is 301 g/mol. The summed E-state index contributed by atoms with van der Waals surface area (Å²) in [6.07, 6.45) is 0.745. The Hall–Kier alpha value is -0.710. The summed E-state index contributed by atoms with van der Waals surface area (Å²) in [7, 11) is 0. The molecule has 17 heavy (non-hydrogen) atoms. The molecule has 1 unspecified atom stereocenters. The highest BCUT2D eigenvalue weighted by Crippen LogP contribution is 2.29. The quantitative estimate of drug-likeness (QED) is 0.908. The summed E-state index contributed by atoms with van der Waals surface area (Å²) in [5, 5.41) is 0. The van der Waals surface area contributed by atoms with Crippen LogP contribution in [0.1, 0.15) is 17.4 Å². The summed E-state index contributed by atoms with van der Waals surface area (Å²) in [5.74, 6) is -0.233. The molecule has 90 valence electrons. The van der Waals surface area contributed by atoms with Crippen LogP contribution in [0.5, 0.6) is 0 Å². The van der Waals surface area contributed by atoms with Crippen LogP contribution in [-0.4, -0.2) is 0 Å². The van der Waals surface area contributed by atoms with Crippen LogP contribution in [0, 0.1) is 5.82 Å². The van der Waals surface area contributed by atoms with Gasteiger partial charge in [0, 0.05) is 16.8 Å². The van der Waals surface area contributed by atoms with Gasteiger partial charge >= 0.3 is 0 Å². The topological polar surface area (TPSA) is 26.0 Å². The van der Waals surface area contributed by atoms with E-state index in [0.717, 1.165) is 15.8 Å². The number of rotatable bonds is 3. The molecule has 0 radical (unpaired) electrons. The maximum Gasteiger partial charge on any atom is 0.123 e. The van der Waals surface area contributed by atoms with E-state index in [-0.39, 0.29) is 5.82 Å². The molecule has 4 heteroatoms. The Balaban J connectivity index is 2.21.